The van der Waals surface area contributed by atoms with Gasteiger partial charge in [-0.05, 0) is 25.7 Å². The molecule has 1 aromatic rings. The highest BCUT2D eigenvalue weighted by atomic mass is 19.4. The van der Waals surface area contributed by atoms with Crippen LogP contribution >= 0.6 is 0 Å². The van der Waals surface area contributed by atoms with Crippen molar-refractivity contribution in [3.8, 4) is 0 Å². The van der Waals surface area contributed by atoms with Crippen LogP contribution in [0.3, 0.4) is 0 Å². The fourth-order valence-corrected chi connectivity index (χ4v) is 3.71. The third-order valence-electron chi connectivity index (χ3n) is 5.18. The molecule has 1 aromatic heterocycles. The average Bonchev–Trinajstić information content (AvgIpc) is 3.00. The Morgan fingerprint density at radius 2 is 2.21 bits per heavy atom. The highest BCUT2D eigenvalue weighted by Crippen LogP contribution is 2.43. The van der Waals surface area contributed by atoms with Crippen LogP contribution in [0.5, 0.6) is 0 Å². The number of halogens is 3. The molecule has 1 amide bonds. The largest absolute Gasteiger partial charge is 0.432 e. The van der Waals surface area contributed by atoms with Crippen molar-refractivity contribution in [2.45, 2.75) is 44.2 Å². The topological polar surface area (TPSA) is 58.2 Å². The van der Waals surface area contributed by atoms with E-state index >= 15 is 0 Å². The lowest BCUT2D eigenvalue weighted by molar-refractivity contribution is -0.153. The molecule has 24 heavy (non-hydrogen) atoms. The number of nitrogens with zero attached hydrogens (tertiary/aromatic N) is 2. The van der Waals surface area contributed by atoms with Crippen molar-refractivity contribution in [3.63, 3.8) is 0 Å². The predicted octanol–water partition coefficient (Wildman–Crippen LogP) is 2.95. The minimum atomic E-state index is -4.43. The van der Waals surface area contributed by atoms with Gasteiger partial charge in [-0.1, -0.05) is 6.42 Å². The average molecular weight is 345 g/mol. The minimum absolute atomic E-state index is 0.0721. The lowest BCUT2D eigenvalue weighted by Gasteiger charge is -2.45. The number of rotatable bonds is 4. The van der Waals surface area contributed by atoms with Crippen molar-refractivity contribution in [2.24, 2.45) is 5.41 Å². The third-order valence-corrected chi connectivity index (χ3v) is 5.18. The normalized spacial score (nSPS) is 23.8. The van der Waals surface area contributed by atoms with Crippen LogP contribution in [-0.2, 0) is 15.7 Å². The number of aromatic amines is 1. The molecule has 1 N–H and O–H groups in total. The van der Waals surface area contributed by atoms with Crippen molar-refractivity contribution < 1.29 is 22.7 Å². The van der Waals surface area contributed by atoms with Crippen LogP contribution in [0.25, 0.3) is 0 Å². The molecule has 2 fully saturated rings. The highest BCUT2D eigenvalue weighted by molar-refractivity contribution is 5.84. The molecule has 1 saturated carbocycles. The Morgan fingerprint density at radius 1 is 1.46 bits per heavy atom. The predicted molar refractivity (Wildman–Crippen MR) is 80.3 cm³/mol. The van der Waals surface area contributed by atoms with Crippen molar-refractivity contribution in [2.75, 3.05) is 26.8 Å². The Bertz CT molecular complexity index is 596. The maximum atomic E-state index is 12.9. The zero-order valence-electron chi connectivity index (χ0n) is 13.7. The lowest BCUT2D eigenvalue weighted by Crippen LogP contribution is -2.52. The number of methoxy groups -OCH3 is 1. The Labute approximate surface area is 138 Å². The van der Waals surface area contributed by atoms with E-state index in [1.165, 1.54) is 0 Å². The number of imidazole rings is 1. The van der Waals surface area contributed by atoms with Gasteiger partial charge in [0, 0.05) is 26.1 Å². The molecule has 1 atom stereocenters. The molecule has 1 saturated heterocycles. The summed E-state index contributed by atoms with van der Waals surface area (Å²) in [7, 11) is 1.59. The number of aromatic nitrogens is 2. The van der Waals surface area contributed by atoms with Crippen molar-refractivity contribution in [3.05, 3.63) is 17.7 Å². The standard InChI is InChI=1S/C16H22F3N3O2/c1-24-10-15(5-3-6-15)14(23)22-7-2-4-11(9-22)13-20-8-12(21-13)16(17,18)19/h8,11H,2-7,9-10H2,1H3,(H,20,21)/t11-/m1/s1. The number of hydrogen-bond donors (Lipinski definition) is 1. The molecule has 3 rings (SSSR count). The number of carbonyl (C=O) groups excluding carboxylic acids is 1. The van der Waals surface area contributed by atoms with Gasteiger partial charge in [0.2, 0.25) is 5.91 Å². The number of hydrogen-bond acceptors (Lipinski definition) is 3. The van der Waals surface area contributed by atoms with Gasteiger partial charge in [-0.15, -0.1) is 0 Å². The fraction of sp³-hybridized carbons (Fsp3) is 0.750. The molecule has 134 valence electrons. The Kier molecular flexibility index (Phi) is 4.59. The van der Waals surface area contributed by atoms with E-state index in [9.17, 15) is 18.0 Å². The van der Waals surface area contributed by atoms with Crippen molar-refractivity contribution >= 4 is 5.91 Å². The van der Waals surface area contributed by atoms with Gasteiger partial charge in [-0.3, -0.25) is 4.79 Å². The van der Waals surface area contributed by atoms with Gasteiger partial charge in [0.25, 0.3) is 0 Å². The minimum Gasteiger partial charge on any atom is -0.384 e. The van der Waals surface area contributed by atoms with Gasteiger partial charge >= 0.3 is 6.18 Å². The zero-order chi connectivity index (χ0) is 17.4. The van der Waals surface area contributed by atoms with E-state index in [0.717, 1.165) is 38.3 Å². The molecular formula is C16H22F3N3O2. The lowest BCUT2D eigenvalue weighted by atomic mass is 9.68. The monoisotopic (exact) mass is 345 g/mol. The number of alkyl halides is 3. The van der Waals surface area contributed by atoms with E-state index in [4.69, 9.17) is 4.74 Å². The molecule has 0 bridgehead atoms. The summed E-state index contributed by atoms with van der Waals surface area (Å²) >= 11 is 0. The molecule has 5 nitrogen and oxygen atoms in total. The van der Waals surface area contributed by atoms with E-state index in [2.05, 4.69) is 9.97 Å². The first-order valence-corrected chi connectivity index (χ1v) is 8.26. The molecule has 2 heterocycles. The highest BCUT2D eigenvalue weighted by Gasteiger charge is 2.47. The van der Waals surface area contributed by atoms with E-state index in [-0.39, 0.29) is 11.8 Å². The quantitative estimate of drug-likeness (QED) is 0.913. The summed E-state index contributed by atoms with van der Waals surface area (Å²) in [6.45, 7) is 1.47. The maximum absolute atomic E-state index is 12.9. The molecular weight excluding hydrogens is 323 g/mol. The van der Waals surface area contributed by atoms with Gasteiger partial charge in [0.15, 0.2) is 0 Å². The number of likely N-dealkylation sites (tertiary alicyclic amines) is 1. The first-order chi connectivity index (χ1) is 11.4. The van der Waals surface area contributed by atoms with Gasteiger partial charge in [-0.25, -0.2) is 4.98 Å². The molecule has 1 aliphatic carbocycles. The summed E-state index contributed by atoms with van der Waals surface area (Å²) in [5.74, 6) is 0.204. The summed E-state index contributed by atoms with van der Waals surface area (Å²) < 4.78 is 43.4. The van der Waals surface area contributed by atoms with Crippen molar-refractivity contribution in [1.29, 1.82) is 0 Å². The van der Waals surface area contributed by atoms with E-state index in [0.29, 0.717) is 25.5 Å². The van der Waals surface area contributed by atoms with Crippen LogP contribution < -0.4 is 0 Å². The Balaban J connectivity index is 1.70. The number of carbonyl (C=O) groups is 1. The van der Waals surface area contributed by atoms with Crippen LogP contribution in [-0.4, -0.2) is 47.6 Å². The second-order valence-corrected chi connectivity index (χ2v) is 6.84. The zero-order valence-corrected chi connectivity index (χ0v) is 13.7. The number of amides is 1. The van der Waals surface area contributed by atoms with Crippen LogP contribution in [0.1, 0.15) is 49.5 Å². The summed E-state index contributed by atoms with van der Waals surface area (Å²) in [6, 6.07) is 0. The molecule has 2 aliphatic rings. The third kappa shape index (κ3) is 3.16. The fourth-order valence-electron chi connectivity index (χ4n) is 3.71. The first-order valence-electron chi connectivity index (χ1n) is 8.26. The van der Waals surface area contributed by atoms with E-state index in [1.54, 1.807) is 12.0 Å². The number of H-pyrrole nitrogens is 1. The molecule has 8 heteroatoms. The molecule has 0 aromatic carbocycles. The number of piperidine rings is 1. The Hall–Kier alpha value is -1.57. The van der Waals surface area contributed by atoms with E-state index in [1.807, 2.05) is 0 Å². The molecule has 0 radical (unpaired) electrons. The second kappa shape index (κ2) is 6.38. The first kappa shape index (κ1) is 17.3. The summed E-state index contributed by atoms with van der Waals surface area (Å²) in [6.07, 6.45) is 0.546. The van der Waals surface area contributed by atoms with Crippen LogP contribution in [0.4, 0.5) is 13.2 Å². The van der Waals surface area contributed by atoms with Crippen LogP contribution in [0.15, 0.2) is 6.20 Å². The van der Waals surface area contributed by atoms with Crippen molar-refractivity contribution in [1.82, 2.24) is 14.9 Å². The number of nitrogens with one attached hydrogen (secondary N) is 1. The van der Waals surface area contributed by atoms with Gasteiger partial charge in [0.05, 0.1) is 18.2 Å². The SMILES string of the molecule is COCC1(C(=O)N2CCC[C@@H](c3ncc(C(F)(F)F)[nH]3)C2)CCC1. The van der Waals surface area contributed by atoms with Gasteiger partial charge < -0.3 is 14.6 Å². The van der Waals surface area contributed by atoms with E-state index < -0.39 is 17.3 Å². The number of ether oxygens (including phenoxy) is 1. The summed E-state index contributed by atoms with van der Waals surface area (Å²) in [5, 5.41) is 0. The molecule has 0 unspecified atom stereocenters. The smallest absolute Gasteiger partial charge is 0.384 e. The van der Waals surface area contributed by atoms with Gasteiger partial charge in [-0.2, -0.15) is 13.2 Å². The van der Waals surface area contributed by atoms with Crippen LogP contribution in [0.2, 0.25) is 0 Å². The summed E-state index contributed by atoms with van der Waals surface area (Å²) in [4.78, 5) is 20.9. The van der Waals surface area contributed by atoms with Crippen LogP contribution in [0, 0.1) is 5.41 Å². The molecule has 1 aliphatic heterocycles. The maximum Gasteiger partial charge on any atom is 0.432 e. The van der Waals surface area contributed by atoms with Gasteiger partial charge in [0.1, 0.15) is 11.5 Å². The molecule has 0 spiro atoms. The summed E-state index contributed by atoms with van der Waals surface area (Å²) in [5.41, 5.74) is -1.27. The second-order valence-electron chi connectivity index (χ2n) is 6.84. The Morgan fingerprint density at radius 3 is 2.75 bits per heavy atom.